The molecule has 0 aliphatic carbocycles. The lowest BCUT2D eigenvalue weighted by Gasteiger charge is -2.18. The summed E-state index contributed by atoms with van der Waals surface area (Å²) in [5, 5.41) is 9.34. The number of nitrogens with two attached hydrogens (primary N) is 1. The molecule has 80 valence electrons. The van der Waals surface area contributed by atoms with E-state index in [2.05, 4.69) is 26.9 Å². The van der Waals surface area contributed by atoms with E-state index < -0.39 is 6.10 Å². The van der Waals surface area contributed by atoms with Gasteiger partial charge in [-0.3, -0.25) is 4.90 Å². The Balaban J connectivity index is 2.37. The van der Waals surface area contributed by atoms with Gasteiger partial charge in [0.05, 0.1) is 9.89 Å². The monoisotopic (exact) mass is 278 g/mol. The molecule has 0 radical (unpaired) electrons. The highest BCUT2D eigenvalue weighted by atomic mass is 79.9. The van der Waals surface area contributed by atoms with Gasteiger partial charge in [0.2, 0.25) is 0 Å². The summed E-state index contributed by atoms with van der Waals surface area (Å²) in [5.41, 5.74) is 5.34. The van der Waals surface area contributed by atoms with Gasteiger partial charge in [-0.2, -0.15) is 0 Å². The van der Waals surface area contributed by atoms with Crippen molar-refractivity contribution < 1.29 is 5.11 Å². The SMILES string of the molecule is CN(Cc1ccc(Br)s1)CC(O)CN. The van der Waals surface area contributed by atoms with Crippen molar-refractivity contribution in [3.05, 3.63) is 20.8 Å². The molecule has 5 heteroatoms. The largest absolute Gasteiger partial charge is 0.390 e. The number of thiophene rings is 1. The predicted molar refractivity (Wildman–Crippen MR) is 63.4 cm³/mol. The molecule has 0 saturated heterocycles. The zero-order valence-electron chi connectivity index (χ0n) is 8.11. The number of hydrogen-bond donors (Lipinski definition) is 2. The van der Waals surface area contributed by atoms with E-state index in [-0.39, 0.29) is 0 Å². The van der Waals surface area contributed by atoms with E-state index in [1.165, 1.54) is 4.88 Å². The van der Waals surface area contributed by atoms with Gasteiger partial charge in [-0.15, -0.1) is 11.3 Å². The van der Waals surface area contributed by atoms with E-state index in [0.717, 1.165) is 10.3 Å². The summed E-state index contributed by atoms with van der Waals surface area (Å²) in [6, 6.07) is 4.12. The number of rotatable bonds is 5. The fourth-order valence-corrected chi connectivity index (χ4v) is 2.77. The minimum Gasteiger partial charge on any atom is -0.390 e. The Labute approximate surface area is 96.7 Å². The van der Waals surface area contributed by atoms with Gasteiger partial charge in [0.15, 0.2) is 0 Å². The van der Waals surface area contributed by atoms with E-state index in [4.69, 9.17) is 5.73 Å². The van der Waals surface area contributed by atoms with Crippen LogP contribution in [0.4, 0.5) is 0 Å². The van der Waals surface area contributed by atoms with Gasteiger partial charge in [-0.1, -0.05) is 0 Å². The Kier molecular flexibility index (Phi) is 5.05. The van der Waals surface area contributed by atoms with Crippen molar-refractivity contribution >= 4 is 27.3 Å². The van der Waals surface area contributed by atoms with Crippen LogP contribution in [0.3, 0.4) is 0 Å². The Morgan fingerprint density at radius 2 is 2.36 bits per heavy atom. The van der Waals surface area contributed by atoms with Gasteiger partial charge in [-0.25, -0.2) is 0 Å². The van der Waals surface area contributed by atoms with Gasteiger partial charge in [0.1, 0.15) is 0 Å². The van der Waals surface area contributed by atoms with Crippen LogP contribution >= 0.6 is 27.3 Å². The van der Waals surface area contributed by atoms with Crippen molar-refractivity contribution in [1.82, 2.24) is 4.90 Å². The molecule has 0 saturated carbocycles. The van der Waals surface area contributed by atoms with E-state index >= 15 is 0 Å². The fourth-order valence-electron chi connectivity index (χ4n) is 1.20. The second-order valence-electron chi connectivity index (χ2n) is 3.29. The summed E-state index contributed by atoms with van der Waals surface area (Å²) in [5.74, 6) is 0. The first-order valence-electron chi connectivity index (χ1n) is 4.42. The summed E-state index contributed by atoms with van der Waals surface area (Å²) >= 11 is 5.13. The minimum absolute atomic E-state index is 0.318. The molecular formula is C9H15BrN2OS. The molecule has 3 nitrogen and oxygen atoms in total. The van der Waals surface area contributed by atoms with Gasteiger partial charge < -0.3 is 10.8 Å². The average Bonchev–Trinajstić information content (AvgIpc) is 2.50. The van der Waals surface area contributed by atoms with Gasteiger partial charge in [-0.05, 0) is 35.1 Å². The number of aliphatic hydroxyl groups excluding tert-OH is 1. The highest BCUT2D eigenvalue weighted by Crippen LogP contribution is 2.22. The van der Waals surface area contributed by atoms with Crippen LogP contribution in [0.25, 0.3) is 0 Å². The predicted octanol–water partition coefficient (Wildman–Crippen LogP) is 1.26. The van der Waals surface area contributed by atoms with E-state index in [0.29, 0.717) is 13.1 Å². The van der Waals surface area contributed by atoms with Gasteiger partial charge >= 0.3 is 0 Å². The lowest BCUT2D eigenvalue weighted by atomic mass is 10.3. The van der Waals surface area contributed by atoms with Crippen LogP contribution in [-0.2, 0) is 6.54 Å². The molecule has 1 unspecified atom stereocenters. The average molecular weight is 279 g/mol. The Hall–Kier alpha value is 0.0600. The van der Waals surface area contributed by atoms with E-state index in [1.54, 1.807) is 11.3 Å². The summed E-state index contributed by atoms with van der Waals surface area (Å²) in [4.78, 5) is 3.35. The first kappa shape index (κ1) is 12.1. The van der Waals surface area contributed by atoms with Gasteiger partial charge in [0, 0.05) is 24.5 Å². The molecular weight excluding hydrogens is 264 g/mol. The van der Waals surface area contributed by atoms with Crippen LogP contribution in [0.1, 0.15) is 4.88 Å². The lowest BCUT2D eigenvalue weighted by molar-refractivity contribution is 0.130. The van der Waals surface area contributed by atoms with Crippen molar-refractivity contribution in [2.45, 2.75) is 12.6 Å². The fraction of sp³-hybridized carbons (Fsp3) is 0.556. The number of aliphatic hydroxyl groups is 1. The molecule has 1 rings (SSSR count). The first-order valence-corrected chi connectivity index (χ1v) is 6.03. The maximum absolute atomic E-state index is 9.34. The normalized spacial score (nSPS) is 13.5. The standard InChI is InChI=1S/C9H15BrN2OS/c1-12(5-7(13)4-11)6-8-2-3-9(10)14-8/h2-3,7,13H,4-6,11H2,1H3. The summed E-state index contributed by atoms with van der Waals surface area (Å²) in [7, 11) is 1.98. The molecule has 0 bridgehead atoms. The highest BCUT2D eigenvalue weighted by Gasteiger charge is 2.07. The number of hydrogen-bond acceptors (Lipinski definition) is 4. The Morgan fingerprint density at radius 3 is 2.86 bits per heavy atom. The van der Waals surface area contributed by atoms with Crippen LogP contribution in [0.5, 0.6) is 0 Å². The molecule has 0 aliphatic rings. The highest BCUT2D eigenvalue weighted by molar-refractivity contribution is 9.11. The lowest BCUT2D eigenvalue weighted by Crippen LogP contribution is -2.33. The number of nitrogens with zero attached hydrogens (tertiary/aromatic N) is 1. The van der Waals surface area contributed by atoms with Crippen LogP contribution in [-0.4, -0.2) is 36.2 Å². The molecule has 0 amide bonds. The topological polar surface area (TPSA) is 49.5 Å². The van der Waals surface area contributed by atoms with Crippen molar-refractivity contribution in [2.75, 3.05) is 20.1 Å². The molecule has 0 aromatic carbocycles. The van der Waals surface area contributed by atoms with Crippen molar-refractivity contribution in [1.29, 1.82) is 0 Å². The van der Waals surface area contributed by atoms with Crippen molar-refractivity contribution in [2.24, 2.45) is 5.73 Å². The van der Waals surface area contributed by atoms with Crippen LogP contribution in [0.15, 0.2) is 15.9 Å². The van der Waals surface area contributed by atoms with Crippen LogP contribution in [0, 0.1) is 0 Å². The van der Waals surface area contributed by atoms with E-state index in [9.17, 15) is 5.11 Å². The molecule has 1 heterocycles. The number of likely N-dealkylation sites (N-methyl/N-ethyl adjacent to an activating group) is 1. The second-order valence-corrected chi connectivity index (χ2v) is 5.84. The molecule has 3 N–H and O–H groups in total. The zero-order valence-corrected chi connectivity index (χ0v) is 10.5. The molecule has 1 aromatic heterocycles. The van der Waals surface area contributed by atoms with E-state index in [1.807, 2.05) is 13.1 Å². The van der Waals surface area contributed by atoms with Crippen molar-refractivity contribution in [3.63, 3.8) is 0 Å². The molecule has 1 atom stereocenters. The maximum atomic E-state index is 9.34. The summed E-state index contributed by atoms with van der Waals surface area (Å²) < 4.78 is 1.14. The third-order valence-electron chi connectivity index (χ3n) is 1.85. The maximum Gasteiger partial charge on any atom is 0.0789 e. The Bertz CT molecular complexity index is 280. The molecule has 14 heavy (non-hydrogen) atoms. The van der Waals surface area contributed by atoms with Crippen LogP contribution in [0.2, 0.25) is 0 Å². The van der Waals surface area contributed by atoms with Crippen LogP contribution < -0.4 is 5.73 Å². The molecule has 0 aliphatic heterocycles. The zero-order chi connectivity index (χ0) is 10.6. The second kappa shape index (κ2) is 5.82. The minimum atomic E-state index is -0.427. The first-order chi connectivity index (χ1) is 6.61. The smallest absolute Gasteiger partial charge is 0.0789 e. The Morgan fingerprint density at radius 1 is 1.64 bits per heavy atom. The molecule has 0 fully saturated rings. The third-order valence-corrected chi connectivity index (χ3v) is 3.46. The molecule has 0 spiro atoms. The van der Waals surface area contributed by atoms with Crippen molar-refractivity contribution in [3.8, 4) is 0 Å². The summed E-state index contributed by atoms with van der Waals surface area (Å²) in [6.45, 7) is 1.79. The van der Waals surface area contributed by atoms with Gasteiger partial charge in [0.25, 0.3) is 0 Å². The number of halogens is 1. The molecule has 1 aromatic rings. The summed E-state index contributed by atoms with van der Waals surface area (Å²) in [6.07, 6.45) is -0.427. The third kappa shape index (κ3) is 4.06. The quantitative estimate of drug-likeness (QED) is 0.853.